The van der Waals surface area contributed by atoms with Crippen molar-refractivity contribution in [2.45, 2.75) is 9.79 Å². The zero-order valence-electron chi connectivity index (χ0n) is 24.6. The number of methoxy groups -OCH3 is 4. The van der Waals surface area contributed by atoms with Crippen LogP contribution < -0.4 is 33.3 Å². The molecule has 238 valence electrons. The zero-order valence-corrected chi connectivity index (χ0v) is 27.8. The van der Waals surface area contributed by atoms with Crippen LogP contribution in [-0.4, -0.2) is 57.7 Å². The van der Waals surface area contributed by atoms with Crippen molar-refractivity contribution in [1.29, 1.82) is 0 Å². The molecule has 0 unspecified atom stereocenters. The second kappa shape index (κ2) is 14.1. The summed E-state index contributed by atoms with van der Waals surface area (Å²) in [7, 11) is -2.73. The van der Waals surface area contributed by atoms with Crippen molar-refractivity contribution in [2.24, 2.45) is 0 Å². The largest absolute Gasteiger partial charge is 0.497 e. The molecule has 12 nitrogen and oxygen atoms in total. The van der Waals surface area contributed by atoms with Gasteiger partial charge in [-0.3, -0.25) is 13.8 Å². The summed E-state index contributed by atoms with van der Waals surface area (Å²) < 4.78 is 79.2. The molecule has 0 aliphatic rings. The number of amides is 1. The Morgan fingerprint density at radius 2 is 1.27 bits per heavy atom. The molecule has 0 heterocycles. The lowest BCUT2D eigenvalue weighted by molar-refractivity contribution is -0.114. The molecular weight excluding hydrogens is 690 g/mol. The van der Waals surface area contributed by atoms with Crippen molar-refractivity contribution in [1.82, 2.24) is 0 Å². The van der Waals surface area contributed by atoms with Crippen molar-refractivity contribution in [3.63, 3.8) is 0 Å². The third-order valence-corrected chi connectivity index (χ3v) is 10.1. The number of anilines is 3. The minimum Gasteiger partial charge on any atom is -0.497 e. The molecule has 2 N–H and O–H groups in total. The zero-order chi connectivity index (χ0) is 32.8. The number of rotatable bonds is 13. The number of sulfonamides is 2. The summed E-state index contributed by atoms with van der Waals surface area (Å²) in [4.78, 5) is 13.1. The highest BCUT2D eigenvalue weighted by Crippen LogP contribution is 2.37. The van der Waals surface area contributed by atoms with Crippen LogP contribution in [0.5, 0.6) is 23.0 Å². The van der Waals surface area contributed by atoms with Crippen molar-refractivity contribution < 1.29 is 40.6 Å². The van der Waals surface area contributed by atoms with Crippen LogP contribution in [0, 0.1) is 0 Å². The van der Waals surface area contributed by atoms with Crippen LogP contribution in [0.2, 0.25) is 0 Å². The number of hydrogen-bond acceptors (Lipinski definition) is 9. The monoisotopic (exact) mass is 719 g/mol. The van der Waals surface area contributed by atoms with Crippen molar-refractivity contribution in [2.75, 3.05) is 49.3 Å². The highest BCUT2D eigenvalue weighted by molar-refractivity contribution is 9.10. The van der Waals surface area contributed by atoms with E-state index < -0.39 is 32.5 Å². The molecule has 0 radical (unpaired) electrons. The fourth-order valence-electron chi connectivity index (χ4n) is 4.18. The molecule has 0 bridgehead atoms. The second-order valence-electron chi connectivity index (χ2n) is 9.25. The van der Waals surface area contributed by atoms with E-state index in [2.05, 4.69) is 26.0 Å². The first-order chi connectivity index (χ1) is 21.4. The molecule has 0 atom stereocenters. The number of carbonyl (C=O) groups excluding carboxylic acids is 1. The van der Waals surface area contributed by atoms with E-state index in [0.717, 1.165) is 8.78 Å². The van der Waals surface area contributed by atoms with Gasteiger partial charge >= 0.3 is 0 Å². The summed E-state index contributed by atoms with van der Waals surface area (Å²) in [6, 6.07) is 20.6. The number of nitrogens with one attached hydrogen (secondary N) is 2. The molecular formula is C30H30BrN3O9S2. The quantitative estimate of drug-likeness (QED) is 0.192. The number of nitrogens with zero attached hydrogens (tertiary/aromatic N) is 1. The average Bonchev–Trinajstić information content (AvgIpc) is 3.04. The van der Waals surface area contributed by atoms with Gasteiger partial charge in [0.15, 0.2) is 11.5 Å². The fourth-order valence-corrected chi connectivity index (χ4v) is 6.94. The van der Waals surface area contributed by atoms with E-state index in [1.807, 2.05) is 0 Å². The van der Waals surface area contributed by atoms with Gasteiger partial charge in [-0.05, 0) is 72.8 Å². The van der Waals surface area contributed by atoms with E-state index in [-0.39, 0.29) is 32.7 Å². The Morgan fingerprint density at radius 1 is 0.689 bits per heavy atom. The molecule has 1 amide bonds. The Bertz CT molecular complexity index is 1890. The lowest BCUT2D eigenvalue weighted by Crippen LogP contribution is -2.38. The van der Waals surface area contributed by atoms with E-state index in [1.165, 1.54) is 83.0 Å². The first-order valence-electron chi connectivity index (χ1n) is 13.1. The summed E-state index contributed by atoms with van der Waals surface area (Å²) in [5, 5.41) is 2.62. The highest BCUT2D eigenvalue weighted by Gasteiger charge is 2.31. The molecule has 0 saturated heterocycles. The molecule has 0 aliphatic heterocycles. The average molecular weight is 721 g/mol. The number of ether oxygens (including phenoxy) is 4. The van der Waals surface area contributed by atoms with Gasteiger partial charge in [0.25, 0.3) is 20.0 Å². The molecule has 0 spiro atoms. The highest BCUT2D eigenvalue weighted by atomic mass is 79.9. The van der Waals surface area contributed by atoms with Crippen LogP contribution in [0.25, 0.3) is 0 Å². The number of carbonyl (C=O) groups is 1. The topological polar surface area (TPSA) is 150 Å². The predicted octanol–water partition coefficient (Wildman–Crippen LogP) is 5.12. The van der Waals surface area contributed by atoms with Crippen LogP contribution in [0.4, 0.5) is 17.1 Å². The minimum atomic E-state index is -4.40. The number of halogens is 1. The van der Waals surface area contributed by atoms with Crippen LogP contribution in [0.3, 0.4) is 0 Å². The van der Waals surface area contributed by atoms with Crippen molar-refractivity contribution in [3.8, 4) is 23.0 Å². The standard InChI is InChI=1S/C30H30BrN3O9S2/c1-40-23-11-15-27(41-2)26(17-23)34(45(38,39)25-14-16-28(42-3)29(18-25)43-4)19-30(35)32-21-9-12-24(13-10-21)44(36,37)33-22-7-5-20(31)6-8-22/h5-18,33H,19H2,1-4H3,(H,32,35). The molecule has 0 aliphatic carbocycles. The molecule has 0 aromatic heterocycles. The SMILES string of the molecule is COc1ccc(OC)c(N(CC(=O)Nc2ccc(S(=O)(=O)Nc3ccc(Br)cc3)cc2)S(=O)(=O)c2ccc(OC)c(OC)c2)c1. The molecule has 0 fully saturated rings. The lowest BCUT2D eigenvalue weighted by atomic mass is 10.2. The summed E-state index contributed by atoms with van der Waals surface area (Å²) in [6.45, 7) is -0.675. The van der Waals surface area contributed by atoms with Gasteiger partial charge in [0.05, 0.1) is 43.9 Å². The molecule has 4 aromatic carbocycles. The van der Waals surface area contributed by atoms with E-state index >= 15 is 0 Å². The molecule has 4 rings (SSSR count). The maximum absolute atomic E-state index is 14.1. The summed E-state index contributed by atoms with van der Waals surface area (Å²) >= 11 is 3.30. The van der Waals surface area contributed by atoms with Crippen LogP contribution >= 0.6 is 15.9 Å². The van der Waals surface area contributed by atoms with Gasteiger partial charge in [0.1, 0.15) is 18.0 Å². The maximum atomic E-state index is 14.1. The Morgan fingerprint density at radius 3 is 1.87 bits per heavy atom. The minimum absolute atomic E-state index is 0.0396. The lowest BCUT2D eigenvalue weighted by Gasteiger charge is -2.26. The Kier molecular flexibility index (Phi) is 10.5. The smallest absolute Gasteiger partial charge is 0.265 e. The maximum Gasteiger partial charge on any atom is 0.265 e. The van der Waals surface area contributed by atoms with Gasteiger partial charge in [-0.2, -0.15) is 0 Å². The summed E-state index contributed by atoms with van der Waals surface area (Å²) in [5.41, 5.74) is 0.658. The third-order valence-electron chi connectivity index (χ3n) is 6.43. The summed E-state index contributed by atoms with van der Waals surface area (Å²) in [6.07, 6.45) is 0. The predicted molar refractivity (Wildman–Crippen MR) is 174 cm³/mol. The van der Waals surface area contributed by atoms with Gasteiger partial charge < -0.3 is 24.3 Å². The van der Waals surface area contributed by atoms with Gasteiger partial charge in [-0.15, -0.1) is 0 Å². The second-order valence-corrected chi connectivity index (χ2v) is 13.7. The van der Waals surface area contributed by atoms with Crippen LogP contribution in [0.15, 0.2) is 99.2 Å². The van der Waals surface area contributed by atoms with Gasteiger partial charge in [0.2, 0.25) is 5.91 Å². The Balaban J connectivity index is 1.63. The molecule has 15 heteroatoms. The Labute approximate surface area is 270 Å². The normalized spacial score (nSPS) is 11.3. The first-order valence-corrected chi connectivity index (χ1v) is 16.8. The Hall–Kier alpha value is -4.47. The van der Waals surface area contributed by atoms with Gasteiger partial charge in [0, 0.05) is 28.0 Å². The van der Waals surface area contributed by atoms with Gasteiger partial charge in [-0.1, -0.05) is 15.9 Å². The molecule has 45 heavy (non-hydrogen) atoms. The fraction of sp³-hybridized carbons (Fsp3) is 0.167. The van der Waals surface area contributed by atoms with E-state index in [1.54, 1.807) is 30.3 Å². The van der Waals surface area contributed by atoms with Gasteiger partial charge in [-0.25, -0.2) is 16.8 Å². The van der Waals surface area contributed by atoms with Crippen molar-refractivity contribution >= 4 is 58.9 Å². The van der Waals surface area contributed by atoms with E-state index in [9.17, 15) is 21.6 Å². The summed E-state index contributed by atoms with van der Waals surface area (Å²) in [5.74, 6) is 0.266. The van der Waals surface area contributed by atoms with Crippen LogP contribution in [-0.2, 0) is 24.8 Å². The molecule has 0 saturated carbocycles. The first kappa shape index (κ1) is 33.4. The number of benzene rings is 4. The molecule has 4 aromatic rings. The van der Waals surface area contributed by atoms with Crippen molar-refractivity contribution in [3.05, 3.63) is 89.4 Å². The number of hydrogen-bond donors (Lipinski definition) is 2. The van der Waals surface area contributed by atoms with Crippen LogP contribution in [0.1, 0.15) is 0 Å². The van der Waals surface area contributed by atoms with E-state index in [4.69, 9.17) is 18.9 Å². The third kappa shape index (κ3) is 7.79. The van der Waals surface area contributed by atoms with E-state index in [0.29, 0.717) is 17.2 Å².